The summed E-state index contributed by atoms with van der Waals surface area (Å²) in [6, 6.07) is 0. The summed E-state index contributed by atoms with van der Waals surface area (Å²) in [5.41, 5.74) is 2.54. The van der Waals surface area contributed by atoms with Gasteiger partial charge in [-0.05, 0) is 91.3 Å². The van der Waals surface area contributed by atoms with Crippen LogP contribution in [0, 0.1) is 46.3 Å². The maximum Gasteiger partial charge on any atom is 0.305 e. The van der Waals surface area contributed by atoms with Crippen LogP contribution in [-0.2, 0) is 9.53 Å². The third-order valence-electron chi connectivity index (χ3n) is 10.8. The van der Waals surface area contributed by atoms with Gasteiger partial charge in [0.2, 0.25) is 0 Å². The molecule has 8 unspecified atom stereocenters. The van der Waals surface area contributed by atoms with Crippen LogP contribution in [0.25, 0.3) is 0 Å². The molecule has 8 atom stereocenters. The van der Waals surface area contributed by atoms with Crippen molar-refractivity contribution in [1.29, 1.82) is 0 Å². The van der Waals surface area contributed by atoms with E-state index >= 15 is 0 Å². The van der Waals surface area contributed by atoms with Crippen molar-refractivity contribution < 1.29 is 9.53 Å². The van der Waals surface area contributed by atoms with Crippen molar-refractivity contribution in [2.45, 2.75) is 125 Å². The smallest absolute Gasteiger partial charge is 0.305 e. The van der Waals surface area contributed by atoms with Crippen molar-refractivity contribution in [2.24, 2.45) is 46.3 Å². The molecular weight excluding hydrogens is 392 g/mol. The largest absolute Gasteiger partial charge is 0.462 e. The SMILES string of the molecule is CCC(=O)OC1CCC2(C)C(=CCC3C2CCC2(C)C(C(C)CCCC(C)C)CCC32)C1. The van der Waals surface area contributed by atoms with Gasteiger partial charge in [-0.1, -0.05) is 72.5 Å². The first kappa shape index (κ1) is 24.3. The van der Waals surface area contributed by atoms with Gasteiger partial charge in [0.25, 0.3) is 0 Å². The molecule has 32 heavy (non-hydrogen) atoms. The lowest BCUT2D eigenvalue weighted by Gasteiger charge is -2.58. The molecule has 4 aliphatic carbocycles. The maximum absolute atomic E-state index is 11.9. The molecule has 0 radical (unpaired) electrons. The number of fused-ring (bicyclic) bond motifs is 5. The van der Waals surface area contributed by atoms with Gasteiger partial charge in [-0.2, -0.15) is 0 Å². The molecule has 0 aromatic heterocycles. The summed E-state index contributed by atoms with van der Waals surface area (Å²) in [4.78, 5) is 11.9. The highest BCUT2D eigenvalue weighted by Gasteiger charge is 2.59. The molecule has 0 amide bonds. The minimum Gasteiger partial charge on any atom is -0.462 e. The first-order valence-corrected chi connectivity index (χ1v) is 14.1. The van der Waals surface area contributed by atoms with Gasteiger partial charge in [-0.15, -0.1) is 0 Å². The average molecular weight is 443 g/mol. The van der Waals surface area contributed by atoms with E-state index in [0.717, 1.165) is 48.3 Å². The summed E-state index contributed by atoms with van der Waals surface area (Å²) in [6.07, 6.45) is 17.8. The molecule has 0 N–H and O–H groups in total. The van der Waals surface area contributed by atoms with Crippen molar-refractivity contribution >= 4 is 5.97 Å². The highest BCUT2D eigenvalue weighted by Crippen LogP contribution is 2.67. The fourth-order valence-corrected chi connectivity index (χ4v) is 9.02. The lowest BCUT2D eigenvalue weighted by atomic mass is 9.47. The monoisotopic (exact) mass is 442 g/mol. The van der Waals surface area contributed by atoms with Crippen LogP contribution in [-0.4, -0.2) is 12.1 Å². The summed E-state index contributed by atoms with van der Waals surface area (Å²) >= 11 is 0. The van der Waals surface area contributed by atoms with Gasteiger partial charge < -0.3 is 4.74 Å². The maximum atomic E-state index is 11.9. The number of esters is 1. The van der Waals surface area contributed by atoms with Crippen LogP contribution in [0.5, 0.6) is 0 Å². The molecule has 0 aliphatic heterocycles. The zero-order valence-corrected chi connectivity index (χ0v) is 21.9. The number of hydrogen-bond acceptors (Lipinski definition) is 2. The van der Waals surface area contributed by atoms with Crippen LogP contribution in [0.1, 0.15) is 119 Å². The Bertz CT molecular complexity index is 708. The lowest BCUT2D eigenvalue weighted by molar-refractivity contribution is -0.151. The van der Waals surface area contributed by atoms with E-state index in [0.29, 0.717) is 17.3 Å². The van der Waals surface area contributed by atoms with Crippen LogP contribution in [0.2, 0.25) is 0 Å². The van der Waals surface area contributed by atoms with Crippen molar-refractivity contribution in [3.8, 4) is 0 Å². The van der Waals surface area contributed by atoms with E-state index in [1.165, 1.54) is 57.8 Å². The van der Waals surface area contributed by atoms with Gasteiger partial charge in [0.05, 0.1) is 0 Å². The summed E-state index contributed by atoms with van der Waals surface area (Å²) in [5, 5.41) is 0. The first-order chi connectivity index (χ1) is 15.2. The Labute approximate surface area is 198 Å². The molecule has 0 heterocycles. The number of hydrogen-bond donors (Lipinski definition) is 0. The highest BCUT2D eigenvalue weighted by molar-refractivity contribution is 5.69. The summed E-state index contributed by atoms with van der Waals surface area (Å²) in [7, 11) is 0. The second-order valence-electron chi connectivity index (χ2n) is 13.0. The topological polar surface area (TPSA) is 26.3 Å². The molecule has 182 valence electrons. The molecule has 2 heteroatoms. The molecule has 0 aromatic rings. The number of carbonyl (C=O) groups excluding carboxylic acids is 1. The molecule has 3 saturated carbocycles. The minimum atomic E-state index is -0.0270. The van der Waals surface area contributed by atoms with Crippen molar-refractivity contribution in [3.05, 3.63) is 11.6 Å². The first-order valence-electron chi connectivity index (χ1n) is 14.1. The van der Waals surface area contributed by atoms with Gasteiger partial charge >= 0.3 is 5.97 Å². The van der Waals surface area contributed by atoms with Gasteiger partial charge in [0, 0.05) is 12.8 Å². The van der Waals surface area contributed by atoms with Crippen LogP contribution in [0.15, 0.2) is 11.6 Å². The van der Waals surface area contributed by atoms with E-state index < -0.39 is 0 Å². The van der Waals surface area contributed by atoms with Gasteiger partial charge in [0.15, 0.2) is 0 Å². The zero-order valence-electron chi connectivity index (χ0n) is 21.9. The average Bonchev–Trinajstić information content (AvgIpc) is 3.11. The van der Waals surface area contributed by atoms with Crippen LogP contribution < -0.4 is 0 Å². The Morgan fingerprint density at radius 3 is 2.56 bits per heavy atom. The lowest BCUT2D eigenvalue weighted by Crippen LogP contribution is -2.51. The fourth-order valence-electron chi connectivity index (χ4n) is 9.02. The highest BCUT2D eigenvalue weighted by atomic mass is 16.5. The van der Waals surface area contributed by atoms with E-state index in [1.807, 2.05) is 6.92 Å². The van der Waals surface area contributed by atoms with E-state index in [-0.39, 0.29) is 12.1 Å². The van der Waals surface area contributed by atoms with Crippen molar-refractivity contribution in [2.75, 3.05) is 0 Å². The molecule has 0 spiro atoms. The number of rotatable bonds is 7. The molecule has 0 bridgehead atoms. The van der Waals surface area contributed by atoms with Gasteiger partial charge in [-0.3, -0.25) is 4.79 Å². The Kier molecular flexibility index (Phi) is 7.19. The predicted molar refractivity (Wildman–Crippen MR) is 133 cm³/mol. The van der Waals surface area contributed by atoms with Crippen molar-refractivity contribution in [1.82, 2.24) is 0 Å². The normalized spacial score (nSPS) is 42.0. The Balaban J connectivity index is 1.45. The quantitative estimate of drug-likeness (QED) is 0.292. The zero-order chi connectivity index (χ0) is 23.1. The minimum absolute atomic E-state index is 0.0270. The Morgan fingerprint density at radius 2 is 1.84 bits per heavy atom. The second-order valence-corrected chi connectivity index (χ2v) is 13.0. The van der Waals surface area contributed by atoms with Gasteiger partial charge in [0.1, 0.15) is 6.10 Å². The Morgan fingerprint density at radius 1 is 1.06 bits per heavy atom. The van der Waals surface area contributed by atoms with E-state index in [1.54, 1.807) is 5.57 Å². The molecule has 0 saturated heterocycles. The number of ether oxygens (including phenoxy) is 1. The third-order valence-corrected chi connectivity index (χ3v) is 10.8. The summed E-state index contributed by atoms with van der Waals surface area (Å²) in [6.45, 7) is 14.5. The third kappa shape index (κ3) is 4.34. The second kappa shape index (κ2) is 9.46. The Hall–Kier alpha value is -0.790. The summed E-state index contributed by atoms with van der Waals surface area (Å²) < 4.78 is 5.76. The van der Waals surface area contributed by atoms with E-state index in [2.05, 4.69) is 40.7 Å². The van der Waals surface area contributed by atoms with Crippen LogP contribution >= 0.6 is 0 Å². The molecule has 4 aliphatic rings. The molecule has 3 fully saturated rings. The van der Waals surface area contributed by atoms with Crippen LogP contribution in [0.4, 0.5) is 0 Å². The number of carbonyl (C=O) groups is 1. The predicted octanol–water partition coefficient (Wildman–Crippen LogP) is 8.35. The van der Waals surface area contributed by atoms with Crippen LogP contribution in [0.3, 0.4) is 0 Å². The number of allylic oxidation sites excluding steroid dienone is 1. The fraction of sp³-hybridized carbons (Fsp3) is 0.900. The van der Waals surface area contributed by atoms with E-state index in [4.69, 9.17) is 4.74 Å². The summed E-state index contributed by atoms with van der Waals surface area (Å²) in [5.74, 6) is 5.28. The van der Waals surface area contributed by atoms with Gasteiger partial charge in [-0.25, -0.2) is 0 Å². The molecule has 0 aromatic carbocycles. The standard InChI is InChI=1S/C30H50O2/c1-7-28(31)32-23-15-17-29(5)22(19-23)11-12-24-26-14-13-25(21(4)10-8-9-20(2)3)30(26,6)18-16-27(24)29/h11,20-21,23-27H,7-10,12-19H2,1-6H3. The van der Waals surface area contributed by atoms with Crippen molar-refractivity contribution in [3.63, 3.8) is 0 Å². The molecule has 2 nitrogen and oxygen atoms in total. The molecule has 4 rings (SSSR count). The molecular formula is C30H50O2. The van der Waals surface area contributed by atoms with E-state index in [9.17, 15) is 4.79 Å².